The molecule has 5 atom stereocenters. The van der Waals surface area contributed by atoms with Gasteiger partial charge in [-0.05, 0) is 30.6 Å². The topological polar surface area (TPSA) is 87.9 Å². The van der Waals surface area contributed by atoms with Crippen LogP contribution in [0.2, 0.25) is 0 Å². The van der Waals surface area contributed by atoms with E-state index in [2.05, 4.69) is 46.9 Å². The molecule has 0 aliphatic carbocycles. The Labute approximate surface area is 131 Å². The standard InChI is InChI=1S/C15H33N4OP/c1-6-11-10(2)7-19(21)9-14(3,4)8-15(5,17)12(11)13(16)18-20/h10-12,20H,6-9,17,21H2,1-5H3,(H2,16,18). The summed E-state index contributed by atoms with van der Waals surface area (Å²) in [5.74, 6) is 0.882. The highest BCUT2D eigenvalue weighted by molar-refractivity contribution is 7.13. The molecule has 1 heterocycles. The highest BCUT2D eigenvalue weighted by atomic mass is 31.0. The fourth-order valence-corrected chi connectivity index (χ4v) is 5.22. The Balaban J connectivity index is 3.31. The molecule has 0 aromatic heterocycles. The van der Waals surface area contributed by atoms with E-state index in [4.69, 9.17) is 11.5 Å². The number of nitrogens with two attached hydrogens (primary N) is 2. The fourth-order valence-electron chi connectivity index (χ4n) is 4.39. The Morgan fingerprint density at radius 1 is 1.43 bits per heavy atom. The molecule has 1 aliphatic rings. The molecule has 1 rings (SSSR count). The molecule has 1 saturated heterocycles. The van der Waals surface area contributed by atoms with E-state index in [-0.39, 0.29) is 17.2 Å². The Morgan fingerprint density at radius 2 is 2.00 bits per heavy atom. The molecule has 124 valence electrons. The van der Waals surface area contributed by atoms with E-state index in [1.165, 1.54) is 0 Å². The van der Waals surface area contributed by atoms with Crippen molar-refractivity contribution in [2.45, 2.75) is 53.0 Å². The summed E-state index contributed by atoms with van der Waals surface area (Å²) in [7, 11) is 2.84. The lowest BCUT2D eigenvalue weighted by Crippen LogP contribution is -2.56. The van der Waals surface area contributed by atoms with Crippen LogP contribution in [0, 0.1) is 23.2 Å². The highest BCUT2D eigenvalue weighted by Crippen LogP contribution is 2.41. The zero-order valence-electron chi connectivity index (χ0n) is 14.1. The summed E-state index contributed by atoms with van der Waals surface area (Å²) in [4.78, 5) is 0. The quantitative estimate of drug-likeness (QED) is 0.240. The maximum absolute atomic E-state index is 9.23. The number of amidine groups is 1. The third-order valence-electron chi connectivity index (χ3n) is 4.79. The largest absolute Gasteiger partial charge is 0.409 e. The predicted octanol–water partition coefficient (Wildman–Crippen LogP) is 2.25. The minimum Gasteiger partial charge on any atom is -0.409 e. The van der Waals surface area contributed by atoms with Gasteiger partial charge in [0, 0.05) is 24.5 Å². The zero-order valence-corrected chi connectivity index (χ0v) is 15.3. The molecule has 0 radical (unpaired) electrons. The second-order valence-electron chi connectivity index (χ2n) is 7.83. The van der Waals surface area contributed by atoms with E-state index < -0.39 is 5.54 Å². The van der Waals surface area contributed by atoms with Crippen molar-refractivity contribution in [3.8, 4) is 0 Å². The van der Waals surface area contributed by atoms with Gasteiger partial charge in [-0.15, -0.1) is 0 Å². The van der Waals surface area contributed by atoms with Crippen molar-refractivity contribution in [3.63, 3.8) is 0 Å². The van der Waals surface area contributed by atoms with Crippen LogP contribution in [0.3, 0.4) is 0 Å². The SMILES string of the molecule is CCC1C(C)CN(P)CC(C)(C)CC(C)(N)C1/C(N)=N/O. The second-order valence-corrected chi connectivity index (χ2v) is 8.56. The van der Waals surface area contributed by atoms with Crippen molar-refractivity contribution in [2.24, 2.45) is 39.8 Å². The van der Waals surface area contributed by atoms with Crippen LogP contribution < -0.4 is 11.5 Å². The van der Waals surface area contributed by atoms with Crippen LogP contribution in [0.4, 0.5) is 0 Å². The molecule has 0 aromatic carbocycles. The summed E-state index contributed by atoms with van der Waals surface area (Å²) in [6.07, 6.45) is 1.79. The summed E-state index contributed by atoms with van der Waals surface area (Å²) < 4.78 is 2.30. The lowest BCUT2D eigenvalue weighted by atomic mass is 9.66. The first-order valence-electron chi connectivity index (χ1n) is 7.80. The van der Waals surface area contributed by atoms with Gasteiger partial charge in [-0.3, -0.25) is 4.67 Å². The molecule has 0 saturated carbocycles. The maximum Gasteiger partial charge on any atom is 0.144 e. The molecule has 5 unspecified atom stereocenters. The molecule has 0 amide bonds. The van der Waals surface area contributed by atoms with Gasteiger partial charge in [-0.25, -0.2) is 0 Å². The molecular formula is C15H33N4OP. The second kappa shape index (κ2) is 6.80. The molecule has 6 heteroatoms. The first-order chi connectivity index (χ1) is 9.54. The first-order valence-corrected chi connectivity index (χ1v) is 8.31. The van der Waals surface area contributed by atoms with Crippen LogP contribution in [0.15, 0.2) is 5.16 Å². The summed E-state index contributed by atoms with van der Waals surface area (Å²) >= 11 is 0. The molecule has 1 aliphatic heterocycles. The lowest BCUT2D eigenvalue weighted by Gasteiger charge is -2.43. The van der Waals surface area contributed by atoms with E-state index in [9.17, 15) is 5.21 Å². The van der Waals surface area contributed by atoms with Gasteiger partial charge in [-0.2, -0.15) is 0 Å². The third kappa shape index (κ3) is 4.54. The maximum atomic E-state index is 9.23. The first kappa shape index (κ1) is 18.7. The van der Waals surface area contributed by atoms with E-state index in [1.54, 1.807) is 0 Å². The fraction of sp³-hybridized carbons (Fsp3) is 0.933. The molecule has 0 bridgehead atoms. The van der Waals surface area contributed by atoms with Gasteiger partial charge in [0.1, 0.15) is 5.84 Å². The Morgan fingerprint density at radius 3 is 2.48 bits per heavy atom. The van der Waals surface area contributed by atoms with Crippen LogP contribution in [0.25, 0.3) is 0 Å². The molecule has 21 heavy (non-hydrogen) atoms. The number of rotatable bonds is 2. The van der Waals surface area contributed by atoms with Gasteiger partial charge < -0.3 is 16.7 Å². The van der Waals surface area contributed by atoms with Crippen molar-refractivity contribution < 1.29 is 5.21 Å². The van der Waals surface area contributed by atoms with Crippen molar-refractivity contribution in [1.82, 2.24) is 4.67 Å². The average molecular weight is 316 g/mol. The number of hydrogen-bond donors (Lipinski definition) is 3. The van der Waals surface area contributed by atoms with Gasteiger partial charge in [0.25, 0.3) is 0 Å². The highest BCUT2D eigenvalue weighted by Gasteiger charge is 2.45. The van der Waals surface area contributed by atoms with Crippen molar-refractivity contribution in [2.75, 3.05) is 13.1 Å². The van der Waals surface area contributed by atoms with Crippen molar-refractivity contribution >= 4 is 15.2 Å². The number of hydrogen-bond acceptors (Lipinski definition) is 4. The summed E-state index contributed by atoms with van der Waals surface area (Å²) in [6, 6.07) is 0. The zero-order chi connectivity index (χ0) is 16.4. The van der Waals surface area contributed by atoms with Crippen LogP contribution >= 0.6 is 9.39 Å². The molecular weight excluding hydrogens is 283 g/mol. The van der Waals surface area contributed by atoms with Gasteiger partial charge in [0.15, 0.2) is 0 Å². The van der Waals surface area contributed by atoms with E-state index in [0.717, 1.165) is 25.9 Å². The van der Waals surface area contributed by atoms with Crippen LogP contribution in [-0.2, 0) is 0 Å². The van der Waals surface area contributed by atoms with Gasteiger partial charge >= 0.3 is 0 Å². The summed E-state index contributed by atoms with van der Waals surface area (Å²) in [5.41, 5.74) is 12.3. The van der Waals surface area contributed by atoms with Crippen molar-refractivity contribution in [1.29, 1.82) is 0 Å². The Bertz CT molecular complexity index is 384. The smallest absolute Gasteiger partial charge is 0.144 e. The van der Waals surface area contributed by atoms with Crippen molar-refractivity contribution in [3.05, 3.63) is 0 Å². The molecule has 0 aromatic rings. The van der Waals surface area contributed by atoms with Crippen LogP contribution in [0.5, 0.6) is 0 Å². The normalized spacial score (nSPS) is 39.4. The number of nitrogens with zero attached hydrogens (tertiary/aromatic N) is 2. The molecule has 5 N–H and O–H groups in total. The lowest BCUT2D eigenvalue weighted by molar-refractivity contribution is 0.161. The number of oxime groups is 1. The average Bonchev–Trinajstić information content (AvgIpc) is 2.32. The summed E-state index contributed by atoms with van der Waals surface area (Å²) in [6.45, 7) is 12.8. The monoisotopic (exact) mass is 316 g/mol. The molecule has 5 nitrogen and oxygen atoms in total. The van der Waals surface area contributed by atoms with Gasteiger partial charge in [-0.1, -0.05) is 48.7 Å². The molecule has 1 fully saturated rings. The van der Waals surface area contributed by atoms with Crippen LogP contribution in [0.1, 0.15) is 47.5 Å². The van der Waals surface area contributed by atoms with E-state index >= 15 is 0 Å². The third-order valence-corrected chi connectivity index (χ3v) is 5.18. The summed E-state index contributed by atoms with van der Waals surface area (Å²) in [5, 5.41) is 12.5. The Hall–Kier alpha value is -0.380. The van der Waals surface area contributed by atoms with Gasteiger partial charge in [0.2, 0.25) is 0 Å². The van der Waals surface area contributed by atoms with Gasteiger partial charge in [0.05, 0.1) is 0 Å². The van der Waals surface area contributed by atoms with E-state index in [1.807, 2.05) is 6.92 Å². The molecule has 0 spiro atoms. The van der Waals surface area contributed by atoms with Crippen LogP contribution in [-0.4, -0.2) is 34.3 Å². The predicted molar refractivity (Wildman–Crippen MR) is 92.1 cm³/mol. The van der Waals surface area contributed by atoms with E-state index in [0.29, 0.717) is 11.8 Å². The minimum atomic E-state index is -0.495. The Kier molecular flexibility index (Phi) is 6.05. The minimum absolute atomic E-state index is 0.0710.